The van der Waals surface area contributed by atoms with E-state index in [1.807, 2.05) is 36.4 Å². The summed E-state index contributed by atoms with van der Waals surface area (Å²) in [6.45, 7) is 5.78. The molecular weight excluding hydrogens is 392 g/mol. The van der Waals surface area contributed by atoms with Crippen LogP contribution in [0.2, 0.25) is 0 Å². The highest BCUT2D eigenvalue weighted by molar-refractivity contribution is 5.82. The Morgan fingerprint density at radius 1 is 0.968 bits per heavy atom. The van der Waals surface area contributed by atoms with Crippen LogP contribution >= 0.6 is 0 Å². The molecule has 2 aromatic rings. The number of aromatic hydroxyl groups is 1. The van der Waals surface area contributed by atoms with Crippen molar-refractivity contribution in [2.45, 2.75) is 39.5 Å². The second kappa shape index (κ2) is 13.7. The van der Waals surface area contributed by atoms with Crippen molar-refractivity contribution in [2.75, 3.05) is 34.2 Å². The summed E-state index contributed by atoms with van der Waals surface area (Å²) in [5.74, 6) is 2.25. The van der Waals surface area contributed by atoms with Gasteiger partial charge in [0.1, 0.15) is 24.0 Å². The van der Waals surface area contributed by atoms with E-state index in [4.69, 9.17) is 18.9 Å². The van der Waals surface area contributed by atoms with Gasteiger partial charge >= 0.3 is 0 Å². The van der Waals surface area contributed by atoms with E-state index >= 15 is 0 Å². The van der Waals surface area contributed by atoms with Gasteiger partial charge in [0, 0.05) is 6.07 Å². The van der Waals surface area contributed by atoms with Crippen LogP contribution in [0.5, 0.6) is 17.2 Å². The number of unbranched alkanes of at least 4 members (excludes halogenated alkanes) is 1. The fraction of sp³-hybridized carbons (Fsp3) is 0.462. The maximum Gasteiger partial charge on any atom is 0.147 e. The third-order valence-corrected chi connectivity index (χ3v) is 5.27. The first kappa shape index (κ1) is 24.8. The minimum Gasteiger partial charge on any atom is -0.508 e. The SMILES string of the molecule is CCCCC(CC)COCOC/C(=C/c1cc(OC)cc(OC)c1)c1ccc(O)cc1. The summed E-state index contributed by atoms with van der Waals surface area (Å²) in [5.41, 5.74) is 2.88. The van der Waals surface area contributed by atoms with Crippen LogP contribution in [-0.4, -0.2) is 39.3 Å². The molecule has 0 aromatic heterocycles. The van der Waals surface area contributed by atoms with Crippen LogP contribution in [0.4, 0.5) is 0 Å². The Morgan fingerprint density at radius 3 is 2.23 bits per heavy atom. The maximum absolute atomic E-state index is 9.64. The monoisotopic (exact) mass is 428 g/mol. The molecule has 1 unspecified atom stereocenters. The Hall–Kier alpha value is -2.50. The molecule has 0 fully saturated rings. The standard InChI is InChI=1S/C26H36O5/c1-5-7-8-20(6-2)17-30-19-31-18-23(22-9-11-24(27)12-10-22)13-21-14-25(28-3)16-26(15-21)29-4/h9-16,20,27H,5-8,17-19H2,1-4H3/b23-13-. The lowest BCUT2D eigenvalue weighted by Crippen LogP contribution is -2.11. The van der Waals surface area contributed by atoms with E-state index in [9.17, 15) is 5.11 Å². The van der Waals surface area contributed by atoms with Crippen LogP contribution in [0.25, 0.3) is 11.6 Å². The largest absolute Gasteiger partial charge is 0.508 e. The van der Waals surface area contributed by atoms with Gasteiger partial charge in [-0.2, -0.15) is 0 Å². The highest BCUT2D eigenvalue weighted by atomic mass is 16.7. The lowest BCUT2D eigenvalue weighted by atomic mass is 10.0. The van der Waals surface area contributed by atoms with Crippen LogP contribution in [0.1, 0.15) is 50.7 Å². The maximum atomic E-state index is 9.64. The van der Waals surface area contributed by atoms with Gasteiger partial charge in [-0.1, -0.05) is 45.2 Å². The molecule has 31 heavy (non-hydrogen) atoms. The van der Waals surface area contributed by atoms with Gasteiger partial charge in [-0.05, 0) is 59.4 Å². The van der Waals surface area contributed by atoms with E-state index in [1.54, 1.807) is 26.4 Å². The molecule has 0 heterocycles. The zero-order valence-corrected chi connectivity index (χ0v) is 19.2. The lowest BCUT2D eigenvalue weighted by Gasteiger charge is -2.15. The van der Waals surface area contributed by atoms with Crippen LogP contribution < -0.4 is 9.47 Å². The van der Waals surface area contributed by atoms with E-state index in [2.05, 4.69) is 13.8 Å². The molecular formula is C26H36O5. The Labute approximate surface area is 186 Å². The van der Waals surface area contributed by atoms with E-state index in [0.717, 1.165) is 41.2 Å². The Balaban J connectivity index is 2.08. The molecule has 1 N–H and O–H groups in total. The van der Waals surface area contributed by atoms with Crippen molar-refractivity contribution in [3.05, 3.63) is 53.6 Å². The van der Waals surface area contributed by atoms with Gasteiger partial charge in [-0.25, -0.2) is 0 Å². The van der Waals surface area contributed by atoms with Gasteiger partial charge in [0.15, 0.2) is 0 Å². The van der Waals surface area contributed by atoms with Gasteiger partial charge in [0.25, 0.3) is 0 Å². The summed E-state index contributed by atoms with van der Waals surface area (Å²) in [6, 6.07) is 12.8. The first-order valence-corrected chi connectivity index (χ1v) is 11.0. The van der Waals surface area contributed by atoms with Crippen molar-refractivity contribution in [3.8, 4) is 17.2 Å². The average Bonchev–Trinajstić information content (AvgIpc) is 2.80. The molecule has 5 nitrogen and oxygen atoms in total. The summed E-state index contributed by atoms with van der Waals surface area (Å²) in [6.07, 6.45) is 6.80. The predicted molar refractivity (Wildman–Crippen MR) is 126 cm³/mol. The minimum absolute atomic E-state index is 0.230. The van der Waals surface area contributed by atoms with E-state index in [-0.39, 0.29) is 12.5 Å². The summed E-state index contributed by atoms with van der Waals surface area (Å²) >= 11 is 0. The van der Waals surface area contributed by atoms with Crippen molar-refractivity contribution in [3.63, 3.8) is 0 Å². The van der Waals surface area contributed by atoms with Gasteiger partial charge in [0.05, 0.1) is 27.4 Å². The van der Waals surface area contributed by atoms with Crippen LogP contribution in [-0.2, 0) is 9.47 Å². The normalized spacial score (nSPS) is 12.6. The molecule has 1 atom stereocenters. The van der Waals surface area contributed by atoms with Crippen molar-refractivity contribution in [2.24, 2.45) is 5.92 Å². The Morgan fingerprint density at radius 2 is 1.65 bits per heavy atom. The summed E-state index contributed by atoms with van der Waals surface area (Å²) in [7, 11) is 3.27. The van der Waals surface area contributed by atoms with E-state index in [0.29, 0.717) is 12.5 Å². The number of hydrogen-bond acceptors (Lipinski definition) is 5. The van der Waals surface area contributed by atoms with Gasteiger partial charge in [-0.3, -0.25) is 0 Å². The minimum atomic E-state index is 0.230. The zero-order valence-electron chi connectivity index (χ0n) is 19.2. The molecule has 0 aliphatic carbocycles. The number of phenolic OH excluding ortho intramolecular Hbond substituents is 1. The van der Waals surface area contributed by atoms with Crippen LogP contribution in [0.3, 0.4) is 0 Å². The predicted octanol–water partition coefficient (Wildman–Crippen LogP) is 6.16. The highest BCUT2D eigenvalue weighted by Gasteiger charge is 2.08. The van der Waals surface area contributed by atoms with Crippen molar-refractivity contribution in [1.29, 1.82) is 0 Å². The topological polar surface area (TPSA) is 57.2 Å². The summed E-state index contributed by atoms with van der Waals surface area (Å²) in [4.78, 5) is 0. The summed E-state index contributed by atoms with van der Waals surface area (Å²) in [5, 5.41) is 9.64. The molecule has 0 spiro atoms. The first-order valence-electron chi connectivity index (χ1n) is 11.0. The second-order valence-electron chi connectivity index (χ2n) is 7.62. The number of phenols is 1. The lowest BCUT2D eigenvalue weighted by molar-refractivity contribution is -0.0550. The molecule has 0 aliphatic heterocycles. The fourth-order valence-corrected chi connectivity index (χ4v) is 3.32. The molecule has 0 amide bonds. The molecule has 0 radical (unpaired) electrons. The van der Waals surface area contributed by atoms with Crippen LogP contribution in [0, 0.1) is 5.92 Å². The molecule has 2 rings (SSSR count). The smallest absolute Gasteiger partial charge is 0.147 e. The van der Waals surface area contributed by atoms with Crippen LogP contribution in [0.15, 0.2) is 42.5 Å². The second-order valence-corrected chi connectivity index (χ2v) is 7.62. The average molecular weight is 429 g/mol. The molecule has 0 saturated heterocycles. The summed E-state index contributed by atoms with van der Waals surface area (Å²) < 4.78 is 22.4. The number of ether oxygens (including phenoxy) is 4. The van der Waals surface area contributed by atoms with Gasteiger partial charge < -0.3 is 24.1 Å². The van der Waals surface area contributed by atoms with Gasteiger partial charge in [-0.15, -0.1) is 0 Å². The highest BCUT2D eigenvalue weighted by Crippen LogP contribution is 2.27. The van der Waals surface area contributed by atoms with Crippen molar-refractivity contribution < 1.29 is 24.1 Å². The Kier molecular flexibility index (Phi) is 11.0. The molecule has 2 aromatic carbocycles. The number of rotatable bonds is 14. The van der Waals surface area contributed by atoms with E-state index in [1.165, 1.54) is 19.3 Å². The zero-order chi connectivity index (χ0) is 22.5. The molecule has 0 bridgehead atoms. The number of benzene rings is 2. The van der Waals surface area contributed by atoms with Crippen molar-refractivity contribution >= 4 is 11.6 Å². The molecule has 5 heteroatoms. The van der Waals surface area contributed by atoms with Gasteiger partial charge in [0.2, 0.25) is 0 Å². The van der Waals surface area contributed by atoms with Crippen molar-refractivity contribution in [1.82, 2.24) is 0 Å². The van der Waals surface area contributed by atoms with E-state index < -0.39 is 0 Å². The molecule has 0 aliphatic rings. The Bertz CT molecular complexity index is 776. The first-order chi connectivity index (χ1) is 15.1. The fourth-order valence-electron chi connectivity index (χ4n) is 3.32. The third-order valence-electron chi connectivity index (χ3n) is 5.27. The molecule has 0 saturated carbocycles. The number of methoxy groups -OCH3 is 2. The third kappa shape index (κ3) is 8.64. The number of hydrogen-bond donors (Lipinski definition) is 1. The quantitative estimate of drug-likeness (QED) is 0.222. The molecule has 170 valence electrons.